The largest absolute Gasteiger partial charge is 0.205 e. The molecule has 24 heavy (non-hydrogen) atoms. The Balaban J connectivity index is 1.75. The van der Waals surface area contributed by atoms with Crippen molar-refractivity contribution < 1.29 is 4.39 Å². The molecule has 1 aliphatic carbocycles. The lowest BCUT2D eigenvalue weighted by molar-refractivity contribution is 0.454. The van der Waals surface area contributed by atoms with Gasteiger partial charge in [0.25, 0.3) is 0 Å². The molecular weight excluding hydrogens is 314 g/mol. The summed E-state index contributed by atoms with van der Waals surface area (Å²) in [5.74, 6) is 6.26. The Kier molecular flexibility index (Phi) is 5.36. The maximum absolute atomic E-state index is 14.1. The van der Waals surface area contributed by atoms with Crippen molar-refractivity contribution >= 4 is 25.9 Å². The van der Waals surface area contributed by atoms with Gasteiger partial charge in [-0.25, -0.2) is 4.39 Å². The highest BCUT2D eigenvalue weighted by molar-refractivity contribution is 7.80. The van der Waals surface area contributed by atoms with E-state index in [1.807, 2.05) is 12.1 Å². The summed E-state index contributed by atoms with van der Waals surface area (Å²) in [6.45, 7) is 1.67. The Morgan fingerprint density at radius 3 is 2.33 bits per heavy atom. The molecule has 2 radical (unpaired) electrons. The summed E-state index contributed by atoms with van der Waals surface area (Å²) in [5, 5.41) is 0.560. The molecule has 3 heteroatoms. The van der Waals surface area contributed by atoms with E-state index >= 15 is 0 Å². The Hall–Kier alpha value is -1.66. The summed E-state index contributed by atoms with van der Waals surface area (Å²) in [6, 6.07) is 11.7. The van der Waals surface area contributed by atoms with Crippen molar-refractivity contribution in [3.05, 3.63) is 64.5 Å². The summed E-state index contributed by atoms with van der Waals surface area (Å²) >= 11 is 4.56. The van der Waals surface area contributed by atoms with E-state index in [1.165, 1.54) is 31.2 Å². The minimum absolute atomic E-state index is 0.331. The number of hydrogen-bond donors (Lipinski definition) is 1. The molecule has 0 atom stereocenters. The van der Waals surface area contributed by atoms with Crippen molar-refractivity contribution in [3.63, 3.8) is 0 Å². The molecule has 0 nitrogen and oxygen atoms in total. The second-order valence-corrected chi connectivity index (χ2v) is 7.25. The van der Waals surface area contributed by atoms with Gasteiger partial charge >= 0.3 is 0 Å². The van der Waals surface area contributed by atoms with Crippen LogP contribution in [0.15, 0.2) is 36.4 Å². The van der Waals surface area contributed by atoms with Crippen LogP contribution in [0.25, 0.3) is 0 Å². The fourth-order valence-corrected chi connectivity index (χ4v) is 3.48. The molecule has 0 heterocycles. The standard InChI is InChI=1S/C21H20BFS/c1-14-20(22)13-10-18(21(14)23)7-4-15-2-5-16(6-3-15)17-8-11-19(24)12-9-17/h2-3,5-6,10,13,17,19,24H,8-9,11-12H2,1H3. The third kappa shape index (κ3) is 3.87. The number of halogens is 1. The van der Waals surface area contributed by atoms with Gasteiger partial charge in [0.2, 0.25) is 0 Å². The molecule has 0 bridgehead atoms. The lowest BCUT2D eigenvalue weighted by Crippen LogP contribution is -2.12. The topological polar surface area (TPSA) is 0 Å². The normalized spacial score (nSPS) is 20.3. The van der Waals surface area contributed by atoms with Gasteiger partial charge in [-0.1, -0.05) is 35.5 Å². The first-order valence-corrected chi connectivity index (χ1v) is 8.91. The SMILES string of the molecule is [B]c1ccc(C#Cc2ccc(C3CCC(S)CC3)cc2)c(F)c1C. The maximum Gasteiger partial charge on any atom is 0.141 e. The van der Waals surface area contributed by atoms with E-state index in [-0.39, 0.29) is 5.82 Å². The molecule has 0 unspecified atom stereocenters. The second kappa shape index (κ2) is 7.49. The average molecular weight is 334 g/mol. The predicted molar refractivity (Wildman–Crippen MR) is 103 cm³/mol. The van der Waals surface area contributed by atoms with Crippen molar-refractivity contribution in [2.75, 3.05) is 0 Å². The zero-order valence-corrected chi connectivity index (χ0v) is 14.7. The molecule has 1 fully saturated rings. The molecule has 0 aliphatic heterocycles. The quantitative estimate of drug-likeness (QED) is 0.449. The van der Waals surface area contributed by atoms with Gasteiger partial charge in [-0.3, -0.25) is 0 Å². The summed E-state index contributed by atoms with van der Waals surface area (Å²) < 4.78 is 14.1. The van der Waals surface area contributed by atoms with E-state index in [0.717, 1.165) is 5.56 Å². The minimum Gasteiger partial charge on any atom is -0.205 e. The number of hydrogen-bond acceptors (Lipinski definition) is 1. The third-order valence-electron chi connectivity index (χ3n) is 4.85. The second-order valence-electron chi connectivity index (χ2n) is 6.52. The summed E-state index contributed by atoms with van der Waals surface area (Å²) in [5.41, 5.74) is 3.57. The first-order chi connectivity index (χ1) is 11.5. The van der Waals surface area contributed by atoms with Crippen LogP contribution in [0.5, 0.6) is 0 Å². The zero-order chi connectivity index (χ0) is 17.1. The first-order valence-electron chi connectivity index (χ1n) is 8.39. The van der Waals surface area contributed by atoms with E-state index in [2.05, 4.69) is 36.6 Å². The fourth-order valence-electron chi connectivity index (χ4n) is 3.18. The van der Waals surface area contributed by atoms with Gasteiger partial charge in [-0.05, 0) is 67.9 Å². The molecule has 0 amide bonds. The molecular formula is C21H20BFS. The lowest BCUT2D eigenvalue weighted by atomic mass is 9.83. The first kappa shape index (κ1) is 17.2. The highest BCUT2D eigenvalue weighted by atomic mass is 32.1. The van der Waals surface area contributed by atoms with Crippen LogP contribution in [0.2, 0.25) is 0 Å². The van der Waals surface area contributed by atoms with Gasteiger partial charge in [0.1, 0.15) is 13.7 Å². The van der Waals surface area contributed by atoms with E-state index in [1.54, 1.807) is 19.1 Å². The Labute approximate surface area is 150 Å². The number of benzene rings is 2. The molecule has 2 aromatic carbocycles. The highest BCUT2D eigenvalue weighted by Crippen LogP contribution is 2.34. The maximum atomic E-state index is 14.1. The Morgan fingerprint density at radius 2 is 1.67 bits per heavy atom. The van der Waals surface area contributed by atoms with Gasteiger partial charge in [0.15, 0.2) is 0 Å². The highest BCUT2D eigenvalue weighted by Gasteiger charge is 2.19. The van der Waals surface area contributed by atoms with Crippen LogP contribution in [0.3, 0.4) is 0 Å². The summed E-state index contributed by atoms with van der Waals surface area (Å²) in [4.78, 5) is 0. The van der Waals surface area contributed by atoms with Gasteiger partial charge < -0.3 is 0 Å². The number of thiol groups is 1. The van der Waals surface area contributed by atoms with Gasteiger partial charge in [-0.2, -0.15) is 12.6 Å². The average Bonchev–Trinajstić information content (AvgIpc) is 2.60. The summed E-state index contributed by atoms with van der Waals surface area (Å²) in [7, 11) is 5.70. The van der Waals surface area contributed by atoms with Crippen molar-refractivity contribution in [2.24, 2.45) is 0 Å². The van der Waals surface area contributed by atoms with Crippen molar-refractivity contribution in [1.82, 2.24) is 0 Å². The molecule has 1 aliphatic rings. The van der Waals surface area contributed by atoms with Crippen LogP contribution in [-0.2, 0) is 0 Å². The summed E-state index contributed by atoms with van der Waals surface area (Å²) in [6.07, 6.45) is 4.78. The van der Waals surface area contributed by atoms with E-state index in [9.17, 15) is 4.39 Å². The predicted octanol–water partition coefficient (Wildman–Crippen LogP) is 4.28. The molecule has 1 saturated carbocycles. The van der Waals surface area contributed by atoms with Gasteiger partial charge in [0, 0.05) is 10.8 Å². The molecule has 0 aromatic heterocycles. The van der Waals surface area contributed by atoms with E-state index < -0.39 is 0 Å². The third-order valence-corrected chi connectivity index (χ3v) is 5.36. The monoisotopic (exact) mass is 334 g/mol. The Bertz CT molecular complexity index is 778. The van der Waals surface area contributed by atoms with Crippen LogP contribution in [0.4, 0.5) is 4.39 Å². The van der Waals surface area contributed by atoms with Gasteiger partial charge in [0.05, 0.1) is 5.56 Å². The van der Waals surface area contributed by atoms with Crippen molar-refractivity contribution in [3.8, 4) is 11.8 Å². The lowest BCUT2D eigenvalue weighted by Gasteiger charge is -2.25. The molecule has 0 saturated heterocycles. The fraction of sp³-hybridized carbons (Fsp3) is 0.333. The molecule has 2 aromatic rings. The minimum atomic E-state index is -0.331. The number of rotatable bonds is 1. The van der Waals surface area contributed by atoms with E-state index in [0.29, 0.717) is 27.8 Å². The molecule has 3 rings (SSSR count). The smallest absolute Gasteiger partial charge is 0.141 e. The van der Waals surface area contributed by atoms with Crippen LogP contribution < -0.4 is 5.46 Å². The molecule has 120 valence electrons. The van der Waals surface area contributed by atoms with Crippen LogP contribution in [0.1, 0.15) is 53.9 Å². The van der Waals surface area contributed by atoms with Gasteiger partial charge in [-0.15, -0.1) is 0 Å². The Morgan fingerprint density at radius 1 is 1.00 bits per heavy atom. The molecule has 0 spiro atoms. The van der Waals surface area contributed by atoms with Crippen LogP contribution in [0, 0.1) is 24.6 Å². The van der Waals surface area contributed by atoms with E-state index in [4.69, 9.17) is 7.85 Å². The van der Waals surface area contributed by atoms with Crippen molar-refractivity contribution in [1.29, 1.82) is 0 Å². The molecule has 0 N–H and O–H groups in total. The van der Waals surface area contributed by atoms with Crippen LogP contribution in [-0.4, -0.2) is 13.1 Å². The van der Waals surface area contributed by atoms with Crippen LogP contribution >= 0.6 is 12.6 Å². The van der Waals surface area contributed by atoms with Crippen molar-refractivity contribution in [2.45, 2.75) is 43.8 Å². The zero-order valence-electron chi connectivity index (χ0n) is 13.8.